The first-order valence-corrected chi connectivity index (χ1v) is 14.2. The fourth-order valence-corrected chi connectivity index (χ4v) is 4.49. The Bertz CT molecular complexity index is 1130. The predicted octanol–water partition coefficient (Wildman–Crippen LogP) is 5.51. The monoisotopic (exact) mass is 602 g/mol. The summed E-state index contributed by atoms with van der Waals surface area (Å²) in [6.45, 7) is 8.47. The van der Waals surface area contributed by atoms with E-state index in [-0.39, 0.29) is 25.4 Å². The zero-order valence-electron chi connectivity index (χ0n) is 23.2. The SMILES string of the molecule is CCCCNC(=O)[C@]1(CCC(=O)OC(C)(C)C)N=C(c2ccc(OCCCO)cc2)O[C@@H]1c1ccc(Br)cc1. The normalized spacial score (nSPS) is 18.7. The maximum atomic E-state index is 13.9. The maximum Gasteiger partial charge on any atom is 0.306 e. The van der Waals surface area contributed by atoms with E-state index in [9.17, 15) is 9.59 Å². The summed E-state index contributed by atoms with van der Waals surface area (Å²) < 4.78 is 18.5. The second kappa shape index (κ2) is 13.9. The lowest BCUT2D eigenvalue weighted by molar-refractivity contribution is -0.155. The van der Waals surface area contributed by atoms with Crippen LogP contribution in [0, 0.1) is 0 Å². The van der Waals surface area contributed by atoms with E-state index in [4.69, 9.17) is 24.3 Å². The third kappa shape index (κ3) is 8.54. The van der Waals surface area contributed by atoms with Crippen LogP contribution in [0.25, 0.3) is 0 Å². The molecule has 1 amide bonds. The minimum Gasteiger partial charge on any atom is -0.494 e. The number of nitrogens with zero attached hydrogens (tertiary/aromatic N) is 1. The van der Waals surface area contributed by atoms with Crippen LogP contribution in [0.4, 0.5) is 0 Å². The van der Waals surface area contributed by atoms with Gasteiger partial charge in [0, 0.05) is 36.0 Å². The summed E-state index contributed by atoms with van der Waals surface area (Å²) in [5, 5.41) is 12.0. The molecule has 0 aliphatic carbocycles. The van der Waals surface area contributed by atoms with Crippen molar-refractivity contribution in [3.05, 3.63) is 64.1 Å². The van der Waals surface area contributed by atoms with Crippen LogP contribution in [0.15, 0.2) is 58.0 Å². The molecule has 2 N–H and O–H groups in total. The molecule has 39 heavy (non-hydrogen) atoms. The molecular weight excluding hydrogens is 564 g/mol. The molecule has 1 heterocycles. The summed E-state index contributed by atoms with van der Waals surface area (Å²) in [6, 6.07) is 14.8. The van der Waals surface area contributed by atoms with E-state index < -0.39 is 23.2 Å². The molecule has 3 rings (SSSR count). The van der Waals surface area contributed by atoms with Gasteiger partial charge in [0.2, 0.25) is 5.90 Å². The Morgan fingerprint density at radius 2 is 1.79 bits per heavy atom. The molecular formula is C30H39BrN2O6. The Labute approximate surface area is 239 Å². The standard InChI is InChI=1S/C30H39BrN2O6/c1-5-6-18-32-28(36)30(17-16-25(35)39-29(2,3)4)26(21-8-12-23(31)13-9-21)38-27(33-30)22-10-14-24(15-11-22)37-20-7-19-34/h8-15,26,34H,5-7,16-20H2,1-4H3,(H,32,36)/t26-,30-/m1/s1. The van der Waals surface area contributed by atoms with Crippen LogP contribution < -0.4 is 10.1 Å². The first-order chi connectivity index (χ1) is 18.6. The molecule has 0 aromatic heterocycles. The van der Waals surface area contributed by atoms with Crippen LogP contribution in [0.2, 0.25) is 0 Å². The van der Waals surface area contributed by atoms with E-state index in [1.54, 1.807) is 12.1 Å². The molecule has 2 aromatic rings. The zero-order chi connectivity index (χ0) is 28.5. The van der Waals surface area contributed by atoms with Crippen LogP contribution in [0.1, 0.15) is 77.0 Å². The number of aliphatic hydroxyl groups is 1. The van der Waals surface area contributed by atoms with Crippen LogP contribution in [0.5, 0.6) is 5.75 Å². The molecule has 2 atom stereocenters. The van der Waals surface area contributed by atoms with E-state index in [1.807, 2.05) is 57.2 Å². The number of carbonyl (C=O) groups is 2. The summed E-state index contributed by atoms with van der Waals surface area (Å²) in [5.41, 5.74) is -0.549. The molecule has 2 aromatic carbocycles. The molecule has 1 aliphatic heterocycles. The van der Waals surface area contributed by atoms with Crippen molar-refractivity contribution in [3.8, 4) is 5.75 Å². The predicted molar refractivity (Wildman–Crippen MR) is 154 cm³/mol. The van der Waals surface area contributed by atoms with Crippen molar-refractivity contribution in [2.24, 2.45) is 4.99 Å². The molecule has 0 saturated heterocycles. The van der Waals surface area contributed by atoms with E-state index in [2.05, 4.69) is 28.2 Å². The van der Waals surface area contributed by atoms with Gasteiger partial charge in [-0.25, -0.2) is 4.99 Å². The minimum absolute atomic E-state index is 0.00324. The molecule has 0 fully saturated rings. The molecule has 9 heteroatoms. The first kappa shape index (κ1) is 30.6. The highest BCUT2D eigenvalue weighted by atomic mass is 79.9. The summed E-state index contributed by atoms with van der Waals surface area (Å²) >= 11 is 3.47. The van der Waals surface area contributed by atoms with Gasteiger partial charge in [0.05, 0.1) is 6.61 Å². The lowest BCUT2D eigenvalue weighted by Gasteiger charge is -2.31. The molecule has 0 spiro atoms. The van der Waals surface area contributed by atoms with Gasteiger partial charge in [-0.05, 0) is 75.6 Å². The number of halogens is 1. The smallest absolute Gasteiger partial charge is 0.306 e. The Balaban J connectivity index is 1.99. The molecule has 8 nitrogen and oxygen atoms in total. The van der Waals surface area contributed by atoms with Crippen LogP contribution in [-0.4, -0.2) is 53.8 Å². The van der Waals surface area contributed by atoms with Crippen molar-refractivity contribution in [2.45, 2.75) is 77.0 Å². The Hall–Kier alpha value is -2.91. The minimum atomic E-state index is -1.37. The number of amides is 1. The first-order valence-electron chi connectivity index (χ1n) is 13.4. The van der Waals surface area contributed by atoms with E-state index in [0.29, 0.717) is 36.8 Å². The van der Waals surface area contributed by atoms with Gasteiger partial charge in [0.25, 0.3) is 5.91 Å². The summed E-state index contributed by atoms with van der Waals surface area (Å²) in [6.07, 6.45) is 1.67. The van der Waals surface area contributed by atoms with Crippen LogP contribution in [0.3, 0.4) is 0 Å². The second-order valence-electron chi connectivity index (χ2n) is 10.5. The average molecular weight is 604 g/mol. The van der Waals surface area contributed by atoms with Gasteiger partial charge in [0.1, 0.15) is 11.4 Å². The number of esters is 1. The zero-order valence-corrected chi connectivity index (χ0v) is 24.8. The lowest BCUT2D eigenvalue weighted by Crippen LogP contribution is -2.49. The van der Waals surface area contributed by atoms with Gasteiger partial charge in [-0.2, -0.15) is 0 Å². The highest BCUT2D eigenvalue weighted by Crippen LogP contribution is 2.43. The number of carbonyl (C=O) groups excluding carboxylic acids is 2. The third-order valence-electron chi connectivity index (χ3n) is 6.15. The van der Waals surface area contributed by atoms with Crippen molar-refractivity contribution in [3.63, 3.8) is 0 Å². The Morgan fingerprint density at radius 1 is 1.10 bits per heavy atom. The Kier molecular flexibility index (Phi) is 10.9. The van der Waals surface area contributed by atoms with E-state index >= 15 is 0 Å². The molecule has 212 valence electrons. The number of ether oxygens (including phenoxy) is 3. The number of hydrogen-bond acceptors (Lipinski definition) is 7. The summed E-state index contributed by atoms with van der Waals surface area (Å²) in [5.74, 6) is 0.292. The number of rotatable bonds is 13. The van der Waals surface area contributed by atoms with Crippen molar-refractivity contribution in [1.29, 1.82) is 0 Å². The third-order valence-corrected chi connectivity index (χ3v) is 6.68. The molecule has 1 aliphatic rings. The fraction of sp³-hybridized carbons (Fsp3) is 0.500. The van der Waals surface area contributed by atoms with Crippen molar-refractivity contribution >= 4 is 33.7 Å². The average Bonchev–Trinajstić information content (AvgIpc) is 3.28. The van der Waals surface area contributed by atoms with Crippen molar-refractivity contribution in [1.82, 2.24) is 5.32 Å². The number of aliphatic hydroxyl groups excluding tert-OH is 1. The quantitative estimate of drug-likeness (QED) is 0.231. The van der Waals surface area contributed by atoms with Gasteiger partial charge >= 0.3 is 5.97 Å². The van der Waals surface area contributed by atoms with E-state index in [0.717, 1.165) is 22.9 Å². The maximum absolute atomic E-state index is 13.9. The van der Waals surface area contributed by atoms with Gasteiger partial charge < -0.3 is 24.6 Å². The number of benzene rings is 2. The van der Waals surface area contributed by atoms with Gasteiger partial charge in [-0.3, -0.25) is 9.59 Å². The van der Waals surface area contributed by atoms with Crippen LogP contribution in [-0.2, 0) is 19.1 Å². The molecule has 0 saturated carbocycles. The highest BCUT2D eigenvalue weighted by molar-refractivity contribution is 9.10. The highest BCUT2D eigenvalue weighted by Gasteiger charge is 2.53. The van der Waals surface area contributed by atoms with Crippen LogP contribution >= 0.6 is 15.9 Å². The molecule has 0 unspecified atom stereocenters. The largest absolute Gasteiger partial charge is 0.494 e. The summed E-state index contributed by atoms with van der Waals surface area (Å²) in [4.78, 5) is 31.5. The van der Waals surface area contributed by atoms with E-state index in [1.165, 1.54) is 0 Å². The topological polar surface area (TPSA) is 106 Å². The summed E-state index contributed by atoms with van der Waals surface area (Å²) in [7, 11) is 0. The number of aliphatic imine (C=N–C) groups is 1. The molecule has 0 radical (unpaired) electrons. The van der Waals surface area contributed by atoms with Gasteiger partial charge in [-0.1, -0.05) is 41.4 Å². The van der Waals surface area contributed by atoms with Crippen molar-refractivity contribution in [2.75, 3.05) is 19.8 Å². The second-order valence-corrected chi connectivity index (χ2v) is 11.5. The fourth-order valence-electron chi connectivity index (χ4n) is 4.22. The lowest BCUT2D eigenvalue weighted by atomic mass is 9.83. The number of nitrogens with one attached hydrogen (secondary N) is 1. The van der Waals surface area contributed by atoms with Crippen molar-refractivity contribution < 1.29 is 28.9 Å². The molecule has 0 bridgehead atoms. The number of unbranched alkanes of at least 4 members (excludes halogenated alkanes) is 1. The number of hydrogen-bond donors (Lipinski definition) is 2. The Morgan fingerprint density at radius 3 is 2.41 bits per heavy atom. The van der Waals surface area contributed by atoms with Gasteiger partial charge in [0.15, 0.2) is 11.6 Å². The van der Waals surface area contributed by atoms with Gasteiger partial charge in [-0.15, -0.1) is 0 Å².